The number of nitrogens with zero attached hydrogens (tertiary/aromatic N) is 2. The van der Waals surface area contributed by atoms with E-state index < -0.39 is 6.29 Å². The second-order valence-electron chi connectivity index (χ2n) is 2.87. The average molecular weight is 193 g/mol. The van der Waals surface area contributed by atoms with Crippen LogP contribution in [-0.2, 0) is 0 Å². The number of methoxy groups -OCH3 is 2. The zero-order valence-electron chi connectivity index (χ0n) is 8.02. The molecular formula is C9H11N3O2. The Labute approximate surface area is 80.9 Å². The second kappa shape index (κ2) is 3.26. The van der Waals surface area contributed by atoms with Gasteiger partial charge in [0.2, 0.25) is 0 Å². The van der Waals surface area contributed by atoms with Crippen LogP contribution in [0.5, 0.6) is 11.5 Å². The van der Waals surface area contributed by atoms with Gasteiger partial charge < -0.3 is 9.47 Å². The van der Waals surface area contributed by atoms with Crippen molar-refractivity contribution in [2.24, 2.45) is 15.7 Å². The largest absolute Gasteiger partial charge is 0.493 e. The van der Waals surface area contributed by atoms with E-state index in [9.17, 15) is 0 Å². The molecule has 0 radical (unpaired) electrons. The van der Waals surface area contributed by atoms with Crippen LogP contribution in [0.15, 0.2) is 22.1 Å². The fourth-order valence-electron chi connectivity index (χ4n) is 1.38. The van der Waals surface area contributed by atoms with Gasteiger partial charge in [-0.2, -0.15) is 0 Å². The highest BCUT2D eigenvalue weighted by Crippen LogP contribution is 2.22. The van der Waals surface area contributed by atoms with Gasteiger partial charge in [0, 0.05) is 12.1 Å². The monoisotopic (exact) mass is 193 g/mol. The molecule has 5 heteroatoms. The van der Waals surface area contributed by atoms with Gasteiger partial charge >= 0.3 is 0 Å². The predicted molar refractivity (Wildman–Crippen MR) is 49.8 cm³/mol. The Kier molecular flexibility index (Phi) is 2.09. The summed E-state index contributed by atoms with van der Waals surface area (Å²) in [5.74, 6) is 1.28. The lowest BCUT2D eigenvalue weighted by atomic mass is 10.3. The molecule has 0 fully saturated rings. The zero-order chi connectivity index (χ0) is 10.1. The normalized spacial score (nSPS) is 14.2. The molecule has 0 atom stereocenters. The average Bonchev–Trinajstić information content (AvgIpc) is 2.54. The Morgan fingerprint density at radius 2 is 1.50 bits per heavy atom. The van der Waals surface area contributed by atoms with Crippen LogP contribution in [0.3, 0.4) is 0 Å². The Hall–Kier alpha value is -1.62. The highest BCUT2D eigenvalue weighted by molar-refractivity contribution is 5.39. The second-order valence-corrected chi connectivity index (χ2v) is 2.87. The van der Waals surface area contributed by atoms with E-state index >= 15 is 0 Å². The summed E-state index contributed by atoms with van der Waals surface area (Å²) in [6.45, 7) is 0. The van der Waals surface area contributed by atoms with Gasteiger partial charge in [-0.25, -0.2) is 9.98 Å². The molecule has 1 aliphatic rings. The molecule has 0 bridgehead atoms. The quantitative estimate of drug-likeness (QED) is 0.668. The smallest absolute Gasteiger partial charge is 0.192 e. The van der Waals surface area contributed by atoms with Gasteiger partial charge in [-0.1, -0.05) is 0 Å². The molecule has 0 amide bonds. The van der Waals surface area contributed by atoms with E-state index in [2.05, 4.69) is 9.98 Å². The Morgan fingerprint density at radius 3 is 1.86 bits per heavy atom. The minimum atomic E-state index is -0.498. The van der Waals surface area contributed by atoms with Gasteiger partial charge in [0.1, 0.15) is 0 Å². The van der Waals surface area contributed by atoms with Crippen LogP contribution >= 0.6 is 0 Å². The highest BCUT2D eigenvalue weighted by atomic mass is 16.5. The minimum absolute atomic E-state index is 0.498. The molecule has 74 valence electrons. The van der Waals surface area contributed by atoms with Crippen molar-refractivity contribution in [2.75, 3.05) is 14.2 Å². The lowest BCUT2D eigenvalue weighted by Crippen LogP contribution is -2.21. The number of ether oxygens (including phenoxy) is 2. The molecule has 5 nitrogen and oxygen atoms in total. The van der Waals surface area contributed by atoms with Crippen LogP contribution in [0.2, 0.25) is 0 Å². The summed E-state index contributed by atoms with van der Waals surface area (Å²) in [6, 6.07) is 3.54. The van der Waals surface area contributed by atoms with E-state index in [1.54, 1.807) is 26.4 Å². The molecule has 0 saturated carbocycles. The maximum Gasteiger partial charge on any atom is 0.192 e. The Morgan fingerprint density at radius 1 is 1.07 bits per heavy atom. The molecule has 2 N–H and O–H groups in total. The summed E-state index contributed by atoms with van der Waals surface area (Å²) < 4.78 is 10.3. The molecule has 0 saturated heterocycles. The first kappa shape index (κ1) is 8.96. The molecule has 0 aliphatic carbocycles. The summed E-state index contributed by atoms with van der Waals surface area (Å²) in [5.41, 5.74) is 5.55. The summed E-state index contributed by atoms with van der Waals surface area (Å²) in [7, 11) is 3.16. The van der Waals surface area contributed by atoms with Crippen LogP contribution < -0.4 is 25.9 Å². The number of hydrogen-bond donors (Lipinski definition) is 1. The summed E-state index contributed by atoms with van der Waals surface area (Å²) in [4.78, 5) is 8.22. The first-order valence-corrected chi connectivity index (χ1v) is 4.18. The molecule has 0 aromatic heterocycles. The molecule has 1 aliphatic heterocycles. The van der Waals surface area contributed by atoms with Crippen LogP contribution in [0.25, 0.3) is 0 Å². The van der Waals surface area contributed by atoms with Crippen LogP contribution in [0.1, 0.15) is 0 Å². The summed E-state index contributed by atoms with van der Waals surface area (Å²) in [5, 5.41) is 1.49. The fraction of sp³-hybridized carbons (Fsp3) is 0.333. The number of rotatable bonds is 2. The first-order valence-electron chi connectivity index (χ1n) is 4.18. The van der Waals surface area contributed by atoms with Gasteiger partial charge in [-0.3, -0.25) is 5.73 Å². The number of nitrogens with two attached hydrogens (primary N) is 1. The van der Waals surface area contributed by atoms with Crippen molar-refractivity contribution in [3.63, 3.8) is 0 Å². The third kappa shape index (κ3) is 1.31. The fourth-order valence-corrected chi connectivity index (χ4v) is 1.38. The predicted octanol–water partition coefficient (Wildman–Crippen LogP) is -0.801. The highest BCUT2D eigenvalue weighted by Gasteiger charge is 2.09. The van der Waals surface area contributed by atoms with Gasteiger partial charge in [0.05, 0.1) is 24.9 Å². The van der Waals surface area contributed by atoms with E-state index in [0.29, 0.717) is 11.5 Å². The van der Waals surface area contributed by atoms with Crippen molar-refractivity contribution >= 4 is 0 Å². The zero-order valence-corrected chi connectivity index (χ0v) is 8.02. The van der Waals surface area contributed by atoms with E-state index in [-0.39, 0.29) is 0 Å². The molecule has 1 heterocycles. The molecule has 14 heavy (non-hydrogen) atoms. The van der Waals surface area contributed by atoms with Crippen molar-refractivity contribution in [1.82, 2.24) is 0 Å². The molecule has 0 spiro atoms. The molecule has 1 aromatic carbocycles. The Bertz CT molecular complexity index is 427. The third-order valence-electron chi connectivity index (χ3n) is 2.02. The summed E-state index contributed by atoms with van der Waals surface area (Å²) in [6.07, 6.45) is -0.498. The first-order chi connectivity index (χ1) is 6.74. The number of hydrogen-bond acceptors (Lipinski definition) is 5. The SMILES string of the molecule is COc1cc2c(cc1OC)=NC(N)N=2. The van der Waals surface area contributed by atoms with Crippen molar-refractivity contribution in [3.8, 4) is 11.5 Å². The molecule has 2 rings (SSSR count). The number of benzene rings is 1. The molecule has 0 unspecified atom stereocenters. The van der Waals surface area contributed by atoms with Gasteiger partial charge in [0.15, 0.2) is 17.8 Å². The van der Waals surface area contributed by atoms with Crippen molar-refractivity contribution < 1.29 is 9.47 Å². The molecular weight excluding hydrogens is 182 g/mol. The van der Waals surface area contributed by atoms with Crippen LogP contribution in [0.4, 0.5) is 0 Å². The van der Waals surface area contributed by atoms with Gasteiger partial charge in [-0.15, -0.1) is 0 Å². The lowest BCUT2D eigenvalue weighted by Gasteiger charge is -2.05. The van der Waals surface area contributed by atoms with Crippen molar-refractivity contribution in [3.05, 3.63) is 22.8 Å². The number of fused-ring (bicyclic) bond motifs is 1. The van der Waals surface area contributed by atoms with E-state index in [0.717, 1.165) is 10.7 Å². The van der Waals surface area contributed by atoms with E-state index in [4.69, 9.17) is 15.2 Å². The van der Waals surface area contributed by atoms with Crippen molar-refractivity contribution in [1.29, 1.82) is 0 Å². The maximum absolute atomic E-state index is 5.55. The van der Waals surface area contributed by atoms with Gasteiger partial charge in [-0.05, 0) is 0 Å². The van der Waals surface area contributed by atoms with E-state index in [1.165, 1.54) is 0 Å². The van der Waals surface area contributed by atoms with Gasteiger partial charge in [0.25, 0.3) is 0 Å². The van der Waals surface area contributed by atoms with Crippen LogP contribution in [0, 0.1) is 0 Å². The van der Waals surface area contributed by atoms with Crippen molar-refractivity contribution in [2.45, 2.75) is 6.29 Å². The third-order valence-corrected chi connectivity index (χ3v) is 2.02. The standard InChI is InChI=1S/C9H11N3O2/c1-13-7-3-5-6(4-8(7)14-2)12-9(10)11-5/h3-4,9H,10H2,1-2H3. The Balaban J connectivity index is 2.66. The molecule has 1 aromatic rings. The maximum atomic E-state index is 5.55. The van der Waals surface area contributed by atoms with Crippen LogP contribution in [-0.4, -0.2) is 20.5 Å². The lowest BCUT2D eigenvalue weighted by molar-refractivity contribution is 0.354. The minimum Gasteiger partial charge on any atom is -0.493 e. The topological polar surface area (TPSA) is 69.2 Å². The van der Waals surface area contributed by atoms with E-state index in [1.807, 2.05) is 0 Å². The summed E-state index contributed by atoms with van der Waals surface area (Å²) >= 11 is 0.